The molecule has 106 valence electrons. The summed E-state index contributed by atoms with van der Waals surface area (Å²) in [7, 11) is 0. The van der Waals surface area contributed by atoms with Crippen molar-refractivity contribution in [1.82, 2.24) is 5.32 Å². The van der Waals surface area contributed by atoms with Gasteiger partial charge in [0.15, 0.2) is 0 Å². The Morgan fingerprint density at radius 1 is 1.40 bits per heavy atom. The molecule has 0 radical (unpaired) electrons. The highest BCUT2D eigenvalue weighted by Crippen LogP contribution is 2.26. The van der Waals surface area contributed by atoms with E-state index in [2.05, 4.69) is 5.32 Å². The topological polar surface area (TPSA) is 64.3 Å². The van der Waals surface area contributed by atoms with Gasteiger partial charge in [-0.25, -0.2) is 0 Å². The van der Waals surface area contributed by atoms with Gasteiger partial charge in [-0.05, 0) is 42.1 Å². The number of nitrogens with one attached hydrogen (secondary N) is 1. The van der Waals surface area contributed by atoms with Crippen LogP contribution < -0.4 is 15.8 Å². The lowest BCUT2D eigenvalue weighted by Gasteiger charge is -2.07. The molecule has 1 aromatic carbocycles. The van der Waals surface area contributed by atoms with Crippen molar-refractivity contribution in [3.05, 3.63) is 45.1 Å². The van der Waals surface area contributed by atoms with Crippen molar-refractivity contribution in [2.75, 3.05) is 18.9 Å². The number of nitrogens with two attached hydrogens (primary N) is 1. The standard InChI is InChI=1S/C14H15ClN2O2S/c1-9-8-20-13(12(9)15)14(18)17-6-7-19-11-4-2-10(16)3-5-11/h2-5,8H,6-7,16H2,1H3,(H,17,18). The van der Waals surface area contributed by atoms with E-state index in [1.807, 2.05) is 12.3 Å². The summed E-state index contributed by atoms with van der Waals surface area (Å²) in [5.74, 6) is 0.549. The van der Waals surface area contributed by atoms with Crippen LogP contribution in [0.3, 0.4) is 0 Å². The van der Waals surface area contributed by atoms with Gasteiger partial charge in [0.05, 0.1) is 11.6 Å². The first-order chi connectivity index (χ1) is 9.58. The van der Waals surface area contributed by atoms with Gasteiger partial charge in [-0.2, -0.15) is 0 Å². The molecule has 6 heteroatoms. The van der Waals surface area contributed by atoms with Crippen LogP contribution in [0.15, 0.2) is 29.6 Å². The minimum absolute atomic E-state index is 0.172. The Hall–Kier alpha value is -1.72. The normalized spacial score (nSPS) is 10.3. The van der Waals surface area contributed by atoms with Gasteiger partial charge in [0, 0.05) is 5.69 Å². The molecule has 1 heterocycles. The van der Waals surface area contributed by atoms with Crippen molar-refractivity contribution in [3.8, 4) is 5.75 Å². The summed E-state index contributed by atoms with van der Waals surface area (Å²) in [4.78, 5) is 12.4. The predicted molar refractivity (Wildman–Crippen MR) is 82.7 cm³/mol. The first-order valence-electron chi connectivity index (χ1n) is 6.08. The van der Waals surface area contributed by atoms with E-state index in [0.29, 0.717) is 28.7 Å². The third kappa shape index (κ3) is 3.65. The third-order valence-corrected chi connectivity index (χ3v) is 4.34. The first kappa shape index (κ1) is 14.7. The minimum atomic E-state index is -0.172. The molecule has 0 fully saturated rings. The third-order valence-electron chi connectivity index (χ3n) is 2.64. The van der Waals surface area contributed by atoms with Crippen molar-refractivity contribution in [1.29, 1.82) is 0 Å². The van der Waals surface area contributed by atoms with Crippen LogP contribution in [0.1, 0.15) is 15.2 Å². The van der Waals surface area contributed by atoms with Gasteiger partial charge >= 0.3 is 0 Å². The molecule has 0 aliphatic rings. The van der Waals surface area contributed by atoms with E-state index in [0.717, 1.165) is 11.3 Å². The first-order valence-corrected chi connectivity index (χ1v) is 7.34. The van der Waals surface area contributed by atoms with Crippen molar-refractivity contribution in [2.24, 2.45) is 0 Å². The number of amides is 1. The van der Waals surface area contributed by atoms with E-state index in [1.54, 1.807) is 24.3 Å². The predicted octanol–water partition coefficient (Wildman–Crippen LogP) is 3.10. The van der Waals surface area contributed by atoms with Crippen molar-refractivity contribution in [3.63, 3.8) is 0 Å². The molecular formula is C14H15ClN2O2S. The maximum atomic E-state index is 11.9. The summed E-state index contributed by atoms with van der Waals surface area (Å²) in [6.07, 6.45) is 0. The Morgan fingerprint density at radius 3 is 2.70 bits per heavy atom. The van der Waals surface area contributed by atoms with Crippen LogP contribution in [-0.4, -0.2) is 19.1 Å². The zero-order valence-corrected chi connectivity index (χ0v) is 12.6. The molecule has 1 aromatic heterocycles. The lowest BCUT2D eigenvalue weighted by molar-refractivity contribution is 0.0951. The number of benzene rings is 1. The van der Waals surface area contributed by atoms with Gasteiger partial charge < -0.3 is 15.8 Å². The summed E-state index contributed by atoms with van der Waals surface area (Å²) in [5, 5.41) is 5.16. The molecule has 0 aliphatic heterocycles. The monoisotopic (exact) mass is 310 g/mol. The van der Waals surface area contributed by atoms with Crippen molar-refractivity contribution >= 4 is 34.5 Å². The fourth-order valence-electron chi connectivity index (χ4n) is 1.56. The minimum Gasteiger partial charge on any atom is -0.492 e. The molecular weight excluding hydrogens is 296 g/mol. The number of rotatable bonds is 5. The maximum absolute atomic E-state index is 11.9. The van der Waals surface area contributed by atoms with Crippen LogP contribution in [-0.2, 0) is 0 Å². The highest BCUT2D eigenvalue weighted by Gasteiger charge is 2.13. The average molecular weight is 311 g/mol. The lowest BCUT2D eigenvalue weighted by Crippen LogP contribution is -2.27. The van der Waals surface area contributed by atoms with E-state index in [9.17, 15) is 4.79 Å². The maximum Gasteiger partial charge on any atom is 0.263 e. The van der Waals surface area contributed by atoms with Crippen LogP contribution >= 0.6 is 22.9 Å². The molecule has 1 amide bonds. The number of hydrogen-bond donors (Lipinski definition) is 2. The second kappa shape index (κ2) is 6.63. The molecule has 0 bridgehead atoms. The molecule has 20 heavy (non-hydrogen) atoms. The number of anilines is 1. The number of hydrogen-bond acceptors (Lipinski definition) is 4. The Balaban J connectivity index is 1.77. The Morgan fingerprint density at radius 2 is 2.10 bits per heavy atom. The smallest absolute Gasteiger partial charge is 0.263 e. The summed E-state index contributed by atoms with van der Waals surface area (Å²) in [6.45, 7) is 2.67. The van der Waals surface area contributed by atoms with Crippen LogP contribution in [0.2, 0.25) is 5.02 Å². The molecule has 0 spiro atoms. The zero-order chi connectivity index (χ0) is 14.5. The highest BCUT2D eigenvalue weighted by atomic mass is 35.5. The summed E-state index contributed by atoms with van der Waals surface area (Å²) < 4.78 is 5.48. The van der Waals surface area contributed by atoms with Gasteiger partial charge in [0.1, 0.15) is 17.2 Å². The number of nitrogen functional groups attached to an aromatic ring is 1. The summed E-state index contributed by atoms with van der Waals surface area (Å²) >= 11 is 7.38. The number of halogens is 1. The molecule has 4 nitrogen and oxygen atoms in total. The molecule has 0 unspecified atom stereocenters. The quantitative estimate of drug-likeness (QED) is 0.659. The van der Waals surface area contributed by atoms with E-state index in [1.165, 1.54) is 11.3 Å². The fraction of sp³-hybridized carbons (Fsp3) is 0.214. The zero-order valence-electron chi connectivity index (χ0n) is 11.0. The van der Waals surface area contributed by atoms with Gasteiger partial charge in [0.25, 0.3) is 5.91 Å². The molecule has 2 rings (SSSR count). The largest absolute Gasteiger partial charge is 0.492 e. The fourth-order valence-corrected chi connectivity index (χ4v) is 2.76. The number of carbonyl (C=O) groups excluding carboxylic acids is 1. The van der Waals surface area contributed by atoms with E-state index < -0.39 is 0 Å². The number of thiophene rings is 1. The Labute approximate surface area is 126 Å². The molecule has 3 N–H and O–H groups in total. The molecule has 2 aromatic rings. The number of ether oxygens (including phenoxy) is 1. The van der Waals surface area contributed by atoms with Crippen LogP contribution in [0.4, 0.5) is 5.69 Å². The molecule has 0 aliphatic carbocycles. The lowest BCUT2D eigenvalue weighted by atomic mass is 10.3. The van der Waals surface area contributed by atoms with Crippen LogP contribution in [0.5, 0.6) is 5.75 Å². The molecule has 0 atom stereocenters. The molecule has 0 saturated carbocycles. The van der Waals surface area contributed by atoms with E-state index in [-0.39, 0.29) is 5.91 Å². The van der Waals surface area contributed by atoms with Gasteiger partial charge in [-0.3, -0.25) is 4.79 Å². The second-order valence-corrected chi connectivity index (χ2v) is 5.49. The Bertz CT molecular complexity index is 596. The van der Waals surface area contributed by atoms with E-state index in [4.69, 9.17) is 22.1 Å². The van der Waals surface area contributed by atoms with Crippen LogP contribution in [0.25, 0.3) is 0 Å². The highest BCUT2D eigenvalue weighted by molar-refractivity contribution is 7.13. The number of carbonyl (C=O) groups is 1. The average Bonchev–Trinajstić information content (AvgIpc) is 2.77. The van der Waals surface area contributed by atoms with Crippen LogP contribution in [0, 0.1) is 6.92 Å². The van der Waals surface area contributed by atoms with Gasteiger partial charge in [-0.15, -0.1) is 11.3 Å². The second-order valence-electron chi connectivity index (χ2n) is 4.24. The Kier molecular flexibility index (Phi) is 4.87. The van der Waals surface area contributed by atoms with E-state index >= 15 is 0 Å². The van der Waals surface area contributed by atoms with Crippen molar-refractivity contribution in [2.45, 2.75) is 6.92 Å². The summed E-state index contributed by atoms with van der Waals surface area (Å²) in [5.41, 5.74) is 7.18. The SMILES string of the molecule is Cc1csc(C(=O)NCCOc2ccc(N)cc2)c1Cl. The summed E-state index contributed by atoms with van der Waals surface area (Å²) in [6, 6.07) is 7.11. The van der Waals surface area contributed by atoms with Gasteiger partial charge in [-0.1, -0.05) is 11.6 Å². The van der Waals surface area contributed by atoms with Crippen molar-refractivity contribution < 1.29 is 9.53 Å². The number of aryl methyl sites for hydroxylation is 1. The van der Waals surface area contributed by atoms with Gasteiger partial charge in [0.2, 0.25) is 0 Å². The molecule has 0 saturated heterocycles.